The molecule has 3 atom stereocenters. The molecule has 3 heterocycles. The van der Waals surface area contributed by atoms with Crippen LogP contribution in [0, 0.1) is 0 Å². The first-order valence-electron chi connectivity index (χ1n) is 8.04. The number of nitrogens with one attached hydrogen (secondary N) is 1. The number of hydrogen-bond donors (Lipinski definition) is 2. The zero-order valence-corrected chi connectivity index (χ0v) is 13.3. The van der Waals surface area contributed by atoms with E-state index in [0.717, 1.165) is 5.82 Å². The van der Waals surface area contributed by atoms with E-state index in [1.807, 2.05) is 22.7 Å². The van der Waals surface area contributed by atoms with Crippen LogP contribution in [0.2, 0.25) is 0 Å². The van der Waals surface area contributed by atoms with Crippen molar-refractivity contribution in [3.8, 4) is 0 Å². The molecule has 23 heavy (non-hydrogen) atoms. The second kappa shape index (κ2) is 6.80. The maximum atomic E-state index is 13.2. The van der Waals surface area contributed by atoms with E-state index in [9.17, 15) is 13.9 Å². The van der Waals surface area contributed by atoms with Crippen molar-refractivity contribution in [1.29, 1.82) is 0 Å². The molecule has 2 aliphatic rings. The number of likely N-dealkylation sites (tertiary alicyclic amines) is 1. The Morgan fingerprint density at radius 2 is 2.17 bits per heavy atom. The van der Waals surface area contributed by atoms with Crippen molar-refractivity contribution in [2.75, 3.05) is 26.2 Å². The van der Waals surface area contributed by atoms with Crippen molar-refractivity contribution >= 4 is 0 Å². The first-order valence-corrected chi connectivity index (χ1v) is 8.04. The number of rotatable bonds is 5. The maximum Gasteiger partial charge on any atom is 0.250 e. The van der Waals surface area contributed by atoms with E-state index in [4.69, 9.17) is 4.74 Å². The molecule has 0 spiro atoms. The molecule has 2 fully saturated rings. The van der Waals surface area contributed by atoms with E-state index in [0.29, 0.717) is 32.8 Å². The number of ether oxygens (including phenoxy) is 1. The highest BCUT2D eigenvalue weighted by molar-refractivity contribution is 4.95. The SMILES string of the molecule is Cn1ccnc1CNC1COC(CN2CCC(F)(F)CC2)C1O. The topological polar surface area (TPSA) is 62.5 Å². The molecule has 130 valence electrons. The van der Waals surface area contributed by atoms with E-state index in [1.54, 1.807) is 6.20 Å². The third-order valence-electron chi connectivity index (χ3n) is 4.75. The summed E-state index contributed by atoms with van der Waals surface area (Å²) in [5.74, 6) is -1.66. The molecule has 6 nitrogen and oxygen atoms in total. The fourth-order valence-corrected chi connectivity index (χ4v) is 3.13. The Kier molecular flexibility index (Phi) is 4.96. The van der Waals surface area contributed by atoms with Crippen LogP contribution in [0.5, 0.6) is 0 Å². The van der Waals surface area contributed by atoms with Gasteiger partial charge in [0.2, 0.25) is 0 Å². The van der Waals surface area contributed by atoms with Crippen LogP contribution in [0.1, 0.15) is 18.7 Å². The number of aryl methyl sites for hydroxylation is 1. The van der Waals surface area contributed by atoms with Gasteiger partial charge < -0.3 is 24.6 Å². The molecule has 0 aliphatic carbocycles. The highest BCUT2D eigenvalue weighted by Gasteiger charge is 2.39. The molecule has 1 aromatic rings. The highest BCUT2D eigenvalue weighted by Crippen LogP contribution is 2.28. The van der Waals surface area contributed by atoms with E-state index in [1.165, 1.54) is 0 Å². The largest absolute Gasteiger partial charge is 0.389 e. The van der Waals surface area contributed by atoms with Crippen molar-refractivity contribution in [2.45, 2.75) is 43.6 Å². The summed E-state index contributed by atoms with van der Waals surface area (Å²) in [7, 11) is 1.92. The van der Waals surface area contributed by atoms with Crippen LogP contribution < -0.4 is 5.32 Å². The summed E-state index contributed by atoms with van der Waals surface area (Å²) in [6.07, 6.45) is 2.40. The molecule has 0 radical (unpaired) electrons. The summed E-state index contributed by atoms with van der Waals surface area (Å²) in [6, 6.07) is -0.164. The number of aliphatic hydroxyl groups is 1. The number of hydrogen-bond acceptors (Lipinski definition) is 5. The molecule has 0 aromatic carbocycles. The fourth-order valence-electron chi connectivity index (χ4n) is 3.13. The Labute approximate surface area is 134 Å². The lowest BCUT2D eigenvalue weighted by atomic mass is 10.0. The molecule has 0 saturated carbocycles. The lowest BCUT2D eigenvalue weighted by molar-refractivity contribution is -0.0674. The van der Waals surface area contributed by atoms with Crippen LogP contribution in [0.3, 0.4) is 0 Å². The lowest BCUT2D eigenvalue weighted by Crippen LogP contribution is -2.47. The lowest BCUT2D eigenvalue weighted by Gasteiger charge is -2.33. The van der Waals surface area contributed by atoms with E-state index in [-0.39, 0.29) is 25.0 Å². The van der Waals surface area contributed by atoms with E-state index >= 15 is 0 Å². The molecule has 2 N–H and O–H groups in total. The normalized spacial score (nSPS) is 31.6. The van der Waals surface area contributed by atoms with Crippen LogP contribution in [-0.4, -0.2) is 70.0 Å². The van der Waals surface area contributed by atoms with Gasteiger partial charge in [0.25, 0.3) is 5.92 Å². The van der Waals surface area contributed by atoms with Gasteiger partial charge in [-0.2, -0.15) is 0 Å². The van der Waals surface area contributed by atoms with Crippen molar-refractivity contribution in [3.05, 3.63) is 18.2 Å². The number of piperidine rings is 1. The minimum atomic E-state index is -2.54. The number of alkyl halides is 2. The Morgan fingerprint density at radius 3 is 2.83 bits per heavy atom. The van der Waals surface area contributed by atoms with Gasteiger partial charge in [-0.15, -0.1) is 0 Å². The third-order valence-corrected chi connectivity index (χ3v) is 4.75. The Balaban J connectivity index is 1.45. The third kappa shape index (κ3) is 4.06. The van der Waals surface area contributed by atoms with Crippen LogP contribution >= 0.6 is 0 Å². The highest BCUT2D eigenvalue weighted by atomic mass is 19.3. The van der Waals surface area contributed by atoms with Crippen LogP contribution in [0.25, 0.3) is 0 Å². The molecular weight excluding hydrogens is 306 g/mol. The quantitative estimate of drug-likeness (QED) is 0.817. The second-order valence-corrected chi connectivity index (χ2v) is 6.46. The smallest absolute Gasteiger partial charge is 0.250 e. The van der Waals surface area contributed by atoms with Crippen molar-refractivity contribution in [3.63, 3.8) is 0 Å². The molecule has 8 heteroatoms. The first-order chi connectivity index (χ1) is 10.9. The Bertz CT molecular complexity index is 515. The summed E-state index contributed by atoms with van der Waals surface area (Å²) in [5.41, 5.74) is 0. The van der Waals surface area contributed by atoms with Gasteiger partial charge in [-0.1, -0.05) is 0 Å². The predicted octanol–water partition coefficient (Wildman–Crippen LogP) is 0.369. The van der Waals surface area contributed by atoms with E-state index in [2.05, 4.69) is 10.3 Å². The van der Waals surface area contributed by atoms with Gasteiger partial charge in [0.15, 0.2) is 0 Å². The summed E-state index contributed by atoms with van der Waals surface area (Å²) >= 11 is 0. The summed E-state index contributed by atoms with van der Waals surface area (Å²) < 4.78 is 33.9. The minimum absolute atomic E-state index is 0.114. The molecule has 0 amide bonds. The summed E-state index contributed by atoms with van der Waals surface area (Å²) in [6.45, 7) is 2.17. The summed E-state index contributed by atoms with van der Waals surface area (Å²) in [4.78, 5) is 6.18. The van der Waals surface area contributed by atoms with Gasteiger partial charge in [0.05, 0.1) is 31.4 Å². The molecular formula is C15H24F2N4O2. The number of imidazole rings is 1. The molecule has 2 saturated heterocycles. The average Bonchev–Trinajstić information content (AvgIpc) is 3.06. The maximum absolute atomic E-state index is 13.2. The van der Waals surface area contributed by atoms with Crippen molar-refractivity contribution in [2.24, 2.45) is 7.05 Å². The van der Waals surface area contributed by atoms with Gasteiger partial charge in [-0.05, 0) is 0 Å². The van der Waals surface area contributed by atoms with Gasteiger partial charge in [0, 0.05) is 51.9 Å². The van der Waals surface area contributed by atoms with Crippen LogP contribution in [0.4, 0.5) is 8.78 Å². The van der Waals surface area contributed by atoms with Gasteiger partial charge in [-0.25, -0.2) is 13.8 Å². The van der Waals surface area contributed by atoms with Crippen molar-refractivity contribution < 1.29 is 18.6 Å². The minimum Gasteiger partial charge on any atom is -0.389 e. The molecule has 1 aromatic heterocycles. The molecule has 3 rings (SSSR count). The van der Waals surface area contributed by atoms with Crippen LogP contribution in [0.15, 0.2) is 12.4 Å². The second-order valence-electron chi connectivity index (χ2n) is 6.46. The Morgan fingerprint density at radius 1 is 1.43 bits per heavy atom. The summed E-state index contributed by atoms with van der Waals surface area (Å²) in [5, 5.41) is 13.6. The standard InChI is InChI=1S/C15H24F2N4O2/c1-20-7-4-18-13(20)8-19-11-10-23-12(14(11)22)9-21-5-2-15(16,17)3-6-21/h4,7,11-12,14,19,22H,2-3,5-6,8-10H2,1H3. The predicted molar refractivity (Wildman–Crippen MR) is 80.2 cm³/mol. The number of halogens is 2. The van der Waals surface area contributed by atoms with Crippen LogP contribution in [-0.2, 0) is 18.3 Å². The van der Waals surface area contributed by atoms with Gasteiger partial charge in [0.1, 0.15) is 5.82 Å². The Hall–Kier alpha value is -1.09. The first kappa shape index (κ1) is 16.8. The number of aromatic nitrogens is 2. The zero-order valence-electron chi connectivity index (χ0n) is 13.3. The average molecular weight is 330 g/mol. The molecule has 2 aliphatic heterocycles. The molecule has 3 unspecified atom stereocenters. The monoisotopic (exact) mass is 330 g/mol. The van der Waals surface area contributed by atoms with Gasteiger partial charge in [-0.3, -0.25) is 0 Å². The van der Waals surface area contributed by atoms with E-state index < -0.39 is 12.0 Å². The zero-order chi connectivity index (χ0) is 16.4. The number of aliphatic hydroxyl groups excluding tert-OH is 1. The molecule has 0 bridgehead atoms. The van der Waals surface area contributed by atoms with Crippen molar-refractivity contribution in [1.82, 2.24) is 19.8 Å². The van der Waals surface area contributed by atoms with Gasteiger partial charge >= 0.3 is 0 Å². The number of nitrogens with zero attached hydrogens (tertiary/aromatic N) is 3. The fraction of sp³-hybridized carbons (Fsp3) is 0.800.